The summed E-state index contributed by atoms with van der Waals surface area (Å²) in [7, 11) is 0. The van der Waals surface area contributed by atoms with Crippen LogP contribution in [-0.4, -0.2) is 6.67 Å². The number of rotatable bonds is 2. The first-order valence-electron chi connectivity index (χ1n) is 14.8. The van der Waals surface area contributed by atoms with Crippen LogP contribution in [0, 0.1) is 0 Å². The molecule has 0 aromatic heterocycles. The zero-order chi connectivity index (χ0) is 28.7. The molecular formula is C39H26Br2N2. The lowest BCUT2D eigenvalue weighted by Gasteiger charge is -2.41. The van der Waals surface area contributed by atoms with Gasteiger partial charge in [0, 0.05) is 25.1 Å². The van der Waals surface area contributed by atoms with E-state index in [1.165, 1.54) is 76.3 Å². The van der Waals surface area contributed by atoms with Gasteiger partial charge in [-0.15, -0.1) is 0 Å². The van der Waals surface area contributed by atoms with Crippen LogP contribution in [0.25, 0.3) is 55.2 Å². The van der Waals surface area contributed by atoms with Gasteiger partial charge in [0.2, 0.25) is 0 Å². The third-order valence-corrected chi connectivity index (χ3v) is 10.8. The fraction of sp³-hybridized carbons (Fsp3) is 0.0769. The number of halogens is 2. The van der Waals surface area contributed by atoms with Gasteiger partial charge in [-0.05, 0) is 94.2 Å². The summed E-state index contributed by atoms with van der Waals surface area (Å²) < 4.78 is 2.28. The van der Waals surface area contributed by atoms with Gasteiger partial charge >= 0.3 is 0 Å². The number of anilines is 4. The fourth-order valence-electron chi connectivity index (χ4n) is 7.34. The first-order chi connectivity index (χ1) is 21.2. The lowest BCUT2D eigenvalue weighted by molar-refractivity contribution is 0.920. The molecule has 0 spiro atoms. The van der Waals surface area contributed by atoms with E-state index < -0.39 is 0 Å². The van der Waals surface area contributed by atoms with Gasteiger partial charge in [0.1, 0.15) is 6.67 Å². The Morgan fingerprint density at radius 3 is 1.58 bits per heavy atom. The van der Waals surface area contributed by atoms with Gasteiger partial charge in [0.25, 0.3) is 0 Å². The summed E-state index contributed by atoms with van der Waals surface area (Å²) in [6, 6.07) is 39.9. The minimum atomic E-state index is 0.669. The molecule has 2 nitrogen and oxygen atoms in total. The first kappa shape index (κ1) is 25.4. The molecule has 206 valence electrons. The van der Waals surface area contributed by atoms with E-state index in [2.05, 4.69) is 163 Å². The summed E-state index contributed by atoms with van der Waals surface area (Å²) in [5.41, 5.74) is 4.87. The van der Waals surface area contributed by atoms with Crippen LogP contribution in [0.2, 0.25) is 0 Å². The molecule has 7 aromatic carbocycles. The molecule has 0 atom stereocenters. The molecular weight excluding hydrogens is 656 g/mol. The lowest BCUT2D eigenvalue weighted by atomic mass is 9.96. The summed E-state index contributed by atoms with van der Waals surface area (Å²) in [6.45, 7) is 0.669. The summed E-state index contributed by atoms with van der Waals surface area (Å²) >= 11 is 8.28. The van der Waals surface area contributed by atoms with E-state index >= 15 is 0 Å². The maximum Gasteiger partial charge on any atom is 0.100 e. The minimum Gasteiger partial charge on any atom is -0.321 e. The van der Waals surface area contributed by atoms with Gasteiger partial charge in [-0.2, -0.15) is 0 Å². The summed E-state index contributed by atoms with van der Waals surface area (Å²) in [4.78, 5) is 5.05. The van der Waals surface area contributed by atoms with Crippen LogP contribution < -0.4 is 20.2 Å². The minimum absolute atomic E-state index is 0.669. The van der Waals surface area contributed by atoms with Crippen LogP contribution in [0.4, 0.5) is 22.7 Å². The Morgan fingerprint density at radius 2 is 0.930 bits per heavy atom. The zero-order valence-corrected chi connectivity index (χ0v) is 26.5. The SMILES string of the molecule is Brc1c(N2CN(c3c(Br)c4ccccc4c4ccccc34)c3cccc4cccc2c34)c2ccccc2c2c1=CCCC=2. The molecule has 7 aromatic rings. The van der Waals surface area contributed by atoms with Crippen molar-refractivity contribution in [1.29, 1.82) is 0 Å². The molecule has 2 aliphatic rings. The van der Waals surface area contributed by atoms with Crippen LogP contribution in [0.5, 0.6) is 0 Å². The topological polar surface area (TPSA) is 6.48 Å². The number of nitrogens with zero attached hydrogens (tertiary/aromatic N) is 2. The van der Waals surface area contributed by atoms with E-state index in [4.69, 9.17) is 0 Å². The number of fused-ring (bicyclic) bond motifs is 6. The van der Waals surface area contributed by atoms with Crippen LogP contribution in [0.1, 0.15) is 12.8 Å². The number of benzene rings is 7. The molecule has 43 heavy (non-hydrogen) atoms. The third kappa shape index (κ3) is 3.63. The van der Waals surface area contributed by atoms with E-state index in [1.54, 1.807) is 0 Å². The fourth-order valence-corrected chi connectivity index (χ4v) is 8.92. The normalized spacial score (nSPS) is 14.3. The monoisotopic (exact) mass is 680 g/mol. The molecule has 0 fully saturated rings. The van der Waals surface area contributed by atoms with E-state index in [-0.39, 0.29) is 0 Å². The summed E-state index contributed by atoms with van der Waals surface area (Å²) in [5.74, 6) is 0. The Bertz CT molecular complexity index is 2420. The maximum absolute atomic E-state index is 4.15. The molecule has 0 amide bonds. The second-order valence-corrected chi connectivity index (χ2v) is 13.0. The van der Waals surface area contributed by atoms with Crippen molar-refractivity contribution in [3.05, 3.63) is 129 Å². The van der Waals surface area contributed by atoms with Gasteiger partial charge in [-0.3, -0.25) is 0 Å². The smallest absolute Gasteiger partial charge is 0.100 e. The largest absolute Gasteiger partial charge is 0.321 e. The second kappa shape index (κ2) is 9.70. The highest BCUT2D eigenvalue weighted by molar-refractivity contribution is 9.11. The molecule has 4 heteroatoms. The molecule has 0 bridgehead atoms. The second-order valence-electron chi connectivity index (χ2n) is 11.4. The number of hydrogen-bond acceptors (Lipinski definition) is 2. The van der Waals surface area contributed by atoms with Crippen molar-refractivity contribution < 1.29 is 0 Å². The highest BCUT2D eigenvalue weighted by atomic mass is 79.9. The molecule has 0 saturated heterocycles. The van der Waals surface area contributed by atoms with Crippen molar-refractivity contribution in [1.82, 2.24) is 0 Å². The molecule has 0 unspecified atom stereocenters. The van der Waals surface area contributed by atoms with Gasteiger partial charge in [-0.1, -0.05) is 109 Å². The van der Waals surface area contributed by atoms with E-state index in [0.717, 1.165) is 21.8 Å². The van der Waals surface area contributed by atoms with Gasteiger partial charge in [0.15, 0.2) is 0 Å². The average molecular weight is 682 g/mol. The van der Waals surface area contributed by atoms with Crippen molar-refractivity contribution in [2.24, 2.45) is 0 Å². The molecule has 0 N–H and O–H groups in total. The quantitative estimate of drug-likeness (QED) is 0.168. The molecule has 1 heterocycles. The van der Waals surface area contributed by atoms with Crippen LogP contribution in [0.15, 0.2) is 118 Å². The molecule has 0 saturated carbocycles. The van der Waals surface area contributed by atoms with Crippen LogP contribution in [0.3, 0.4) is 0 Å². The molecule has 0 radical (unpaired) electrons. The third-order valence-electron chi connectivity index (χ3n) is 9.18. The van der Waals surface area contributed by atoms with Gasteiger partial charge in [0.05, 0.1) is 22.7 Å². The van der Waals surface area contributed by atoms with Crippen LogP contribution >= 0.6 is 31.9 Å². The van der Waals surface area contributed by atoms with Crippen molar-refractivity contribution in [2.75, 3.05) is 16.5 Å². The number of hydrogen-bond donors (Lipinski definition) is 0. The molecule has 1 aliphatic heterocycles. The van der Waals surface area contributed by atoms with Crippen molar-refractivity contribution >= 4 is 110 Å². The van der Waals surface area contributed by atoms with E-state index in [1.807, 2.05) is 0 Å². The van der Waals surface area contributed by atoms with Gasteiger partial charge < -0.3 is 9.80 Å². The Labute approximate surface area is 266 Å². The molecule has 1 aliphatic carbocycles. The Hall–Kier alpha value is -4.12. The molecule has 9 rings (SSSR count). The zero-order valence-electron chi connectivity index (χ0n) is 23.3. The van der Waals surface area contributed by atoms with Crippen molar-refractivity contribution in [2.45, 2.75) is 12.8 Å². The summed E-state index contributed by atoms with van der Waals surface area (Å²) in [6.07, 6.45) is 6.95. The maximum atomic E-state index is 4.15. The Kier molecular flexibility index (Phi) is 5.73. The standard InChI is InChI=1S/C39H26Br2N2/c40-36-29-17-5-1-13-25(29)27-15-3-7-19-31(27)38(36)42-23-43(34-22-10-12-24-11-9-21-33(42)35(24)34)39-32-20-8-4-16-28(32)26-14-2-6-18-30(26)37(39)41/h1,3-5,7-22H,2,6,23H2. The Morgan fingerprint density at radius 1 is 0.442 bits per heavy atom. The Balaban J connectivity index is 1.41. The predicted molar refractivity (Wildman–Crippen MR) is 191 cm³/mol. The predicted octanol–water partition coefficient (Wildman–Crippen LogP) is 10.4. The first-order valence-corrected chi connectivity index (χ1v) is 16.4. The van der Waals surface area contributed by atoms with Crippen molar-refractivity contribution in [3.8, 4) is 0 Å². The van der Waals surface area contributed by atoms with E-state index in [9.17, 15) is 0 Å². The van der Waals surface area contributed by atoms with Crippen molar-refractivity contribution in [3.63, 3.8) is 0 Å². The highest BCUT2D eigenvalue weighted by Gasteiger charge is 2.31. The summed E-state index contributed by atoms with van der Waals surface area (Å²) in [5, 5.41) is 12.7. The average Bonchev–Trinajstić information content (AvgIpc) is 3.07. The lowest BCUT2D eigenvalue weighted by Crippen LogP contribution is -2.38. The highest BCUT2D eigenvalue weighted by Crippen LogP contribution is 2.51. The van der Waals surface area contributed by atoms with E-state index in [0.29, 0.717) is 6.67 Å². The van der Waals surface area contributed by atoms with Crippen LogP contribution in [-0.2, 0) is 0 Å². The van der Waals surface area contributed by atoms with Gasteiger partial charge in [-0.25, -0.2) is 0 Å².